The van der Waals surface area contributed by atoms with Crippen LogP contribution in [0.1, 0.15) is 0 Å². The van der Waals surface area contributed by atoms with Gasteiger partial charge in [0.05, 0.1) is 9.79 Å². The van der Waals surface area contributed by atoms with E-state index in [4.69, 9.17) is 0 Å². The Balaban J connectivity index is 2.95. The summed E-state index contributed by atoms with van der Waals surface area (Å²) < 4.78 is 0.375. The average molecular weight is 235 g/mol. The molecule has 0 fully saturated rings. The number of dihydropyridines is 1. The fraction of sp³-hybridized carbons (Fsp3) is 0. The second-order valence-electron chi connectivity index (χ2n) is 1.46. The highest BCUT2D eigenvalue weighted by atomic mass is 127. The third kappa shape index (κ3) is 1.44. The van der Waals surface area contributed by atoms with Crippen LogP contribution in [0.4, 0.5) is 0 Å². The number of allylic oxidation sites excluding steroid dienone is 1. The van der Waals surface area contributed by atoms with E-state index in [-0.39, 0.29) is 11.7 Å². The molecule has 0 aromatic carbocycles. The van der Waals surface area contributed by atoms with E-state index in [0.717, 1.165) is 6.21 Å². The first kappa shape index (κ1) is 6.60. The van der Waals surface area contributed by atoms with Crippen LogP contribution in [0.5, 0.6) is 0 Å². The van der Waals surface area contributed by atoms with Crippen molar-refractivity contribution in [3.05, 3.63) is 9.66 Å². The molecule has 0 saturated heterocycles. The zero-order valence-electron chi connectivity index (χ0n) is 4.30. The number of hydrogen-bond donors (Lipinski definition) is 0. The Hall–Kier alpha value is -0.520. The highest BCUT2D eigenvalue weighted by Gasteiger charge is 2.09. The van der Waals surface area contributed by atoms with Crippen LogP contribution in [0, 0.1) is 0 Å². The van der Waals surface area contributed by atoms with Gasteiger partial charge in [0, 0.05) is 6.08 Å². The number of carbonyl (C=O) groups is 2. The first-order chi connectivity index (χ1) is 4.20. The second-order valence-corrected chi connectivity index (χ2v) is 2.62. The number of amides is 1. The van der Waals surface area contributed by atoms with Crippen LogP contribution < -0.4 is 0 Å². The summed E-state index contributed by atoms with van der Waals surface area (Å²) in [4.78, 5) is 24.3. The maximum Gasteiger partial charge on any atom is 0.283 e. The van der Waals surface area contributed by atoms with Gasteiger partial charge in [-0.25, -0.2) is 4.99 Å². The standard InChI is InChI=1S/C5H2INO2/c6-4-1-3(8)2-7-5(4)9/h1-2H. The average Bonchev–Trinajstić information content (AvgIpc) is 1.80. The molecule has 0 aliphatic carbocycles. The number of carbonyl (C=O) groups excluding carboxylic acids is 2. The molecule has 1 heterocycles. The van der Waals surface area contributed by atoms with Crippen LogP contribution >= 0.6 is 22.6 Å². The molecular formula is C5H2INO2. The van der Waals surface area contributed by atoms with E-state index in [1.807, 2.05) is 0 Å². The lowest BCUT2D eigenvalue weighted by atomic mass is 10.3. The van der Waals surface area contributed by atoms with Gasteiger partial charge in [-0.15, -0.1) is 0 Å². The molecule has 0 aromatic rings. The maximum absolute atomic E-state index is 10.5. The smallest absolute Gasteiger partial charge is 0.283 e. The molecule has 0 aromatic heterocycles. The molecule has 0 atom stereocenters. The number of hydrogen-bond acceptors (Lipinski definition) is 2. The molecule has 1 aliphatic heterocycles. The van der Waals surface area contributed by atoms with Gasteiger partial charge in [-0.05, 0) is 22.6 Å². The number of nitrogens with zero attached hydrogens (tertiary/aromatic N) is 1. The SMILES string of the molecule is O=C1C=NC(=O)C(I)=C1. The summed E-state index contributed by atoms with van der Waals surface area (Å²) in [5.74, 6) is -0.561. The Morgan fingerprint density at radius 2 is 2.11 bits per heavy atom. The Morgan fingerprint density at radius 3 is 2.56 bits per heavy atom. The van der Waals surface area contributed by atoms with E-state index >= 15 is 0 Å². The van der Waals surface area contributed by atoms with Crippen molar-refractivity contribution in [3.8, 4) is 0 Å². The number of ketones is 1. The molecule has 46 valence electrons. The van der Waals surface area contributed by atoms with Gasteiger partial charge in [0.15, 0.2) is 5.78 Å². The van der Waals surface area contributed by atoms with Gasteiger partial charge in [0.2, 0.25) is 0 Å². The van der Waals surface area contributed by atoms with Crippen molar-refractivity contribution in [1.82, 2.24) is 0 Å². The van der Waals surface area contributed by atoms with Crippen LogP contribution in [0.15, 0.2) is 14.6 Å². The fourth-order valence-electron chi connectivity index (χ4n) is 0.408. The van der Waals surface area contributed by atoms with Crippen molar-refractivity contribution in [2.24, 2.45) is 4.99 Å². The highest BCUT2D eigenvalue weighted by molar-refractivity contribution is 14.1. The third-order valence-electron chi connectivity index (χ3n) is 0.782. The predicted octanol–water partition coefficient (Wildman–Crippen LogP) is 0.485. The molecule has 0 unspecified atom stereocenters. The molecule has 9 heavy (non-hydrogen) atoms. The van der Waals surface area contributed by atoms with Gasteiger partial charge < -0.3 is 0 Å². The summed E-state index contributed by atoms with van der Waals surface area (Å²) in [6.45, 7) is 0. The highest BCUT2D eigenvalue weighted by Crippen LogP contribution is 2.09. The van der Waals surface area contributed by atoms with Crippen molar-refractivity contribution in [1.29, 1.82) is 0 Å². The molecule has 0 spiro atoms. The summed E-state index contributed by atoms with van der Waals surface area (Å²) in [6, 6.07) is 0. The molecule has 3 nitrogen and oxygen atoms in total. The zero-order chi connectivity index (χ0) is 6.85. The van der Waals surface area contributed by atoms with Crippen molar-refractivity contribution in [2.45, 2.75) is 0 Å². The third-order valence-corrected chi connectivity index (χ3v) is 1.56. The first-order valence-electron chi connectivity index (χ1n) is 2.20. The Labute approximate surface area is 65.0 Å². The van der Waals surface area contributed by atoms with Gasteiger partial charge in [-0.3, -0.25) is 9.59 Å². The number of aliphatic imine (C=N–C) groups is 1. The quantitative estimate of drug-likeness (QED) is 0.573. The minimum absolute atomic E-state index is 0.223. The van der Waals surface area contributed by atoms with E-state index in [2.05, 4.69) is 4.99 Å². The molecule has 1 amide bonds. The monoisotopic (exact) mass is 235 g/mol. The molecule has 0 bridgehead atoms. The lowest BCUT2D eigenvalue weighted by molar-refractivity contribution is -0.115. The van der Waals surface area contributed by atoms with E-state index in [1.54, 1.807) is 22.6 Å². The summed E-state index contributed by atoms with van der Waals surface area (Å²) in [5, 5.41) is 0. The van der Waals surface area contributed by atoms with Gasteiger partial charge in [0.1, 0.15) is 0 Å². The zero-order valence-corrected chi connectivity index (χ0v) is 6.45. The van der Waals surface area contributed by atoms with Crippen molar-refractivity contribution < 1.29 is 9.59 Å². The van der Waals surface area contributed by atoms with Crippen molar-refractivity contribution in [3.63, 3.8) is 0 Å². The molecule has 0 radical (unpaired) electrons. The van der Waals surface area contributed by atoms with Crippen molar-refractivity contribution >= 4 is 40.5 Å². The van der Waals surface area contributed by atoms with Gasteiger partial charge in [0.25, 0.3) is 5.91 Å². The summed E-state index contributed by atoms with van der Waals surface area (Å²) >= 11 is 1.77. The summed E-state index contributed by atoms with van der Waals surface area (Å²) in [6.07, 6.45) is 2.28. The number of halogens is 1. The van der Waals surface area contributed by atoms with Crippen LogP contribution in [0.25, 0.3) is 0 Å². The summed E-state index contributed by atoms with van der Waals surface area (Å²) in [7, 11) is 0. The topological polar surface area (TPSA) is 46.5 Å². The number of rotatable bonds is 0. The Bertz CT molecular complexity index is 229. The molecule has 0 N–H and O–H groups in total. The van der Waals surface area contributed by atoms with Gasteiger partial charge >= 0.3 is 0 Å². The molecule has 1 aliphatic rings. The van der Waals surface area contributed by atoms with Gasteiger partial charge in [-0.2, -0.15) is 0 Å². The Kier molecular flexibility index (Phi) is 1.75. The summed E-state index contributed by atoms with van der Waals surface area (Å²) in [5.41, 5.74) is 0. The normalized spacial score (nSPS) is 18.1. The van der Waals surface area contributed by atoms with E-state index in [0.29, 0.717) is 3.58 Å². The van der Waals surface area contributed by atoms with E-state index < -0.39 is 0 Å². The maximum atomic E-state index is 10.5. The Morgan fingerprint density at radius 1 is 1.44 bits per heavy atom. The van der Waals surface area contributed by atoms with Crippen LogP contribution in [-0.2, 0) is 9.59 Å². The largest absolute Gasteiger partial charge is 0.288 e. The predicted molar refractivity (Wildman–Crippen MR) is 40.6 cm³/mol. The minimum Gasteiger partial charge on any atom is -0.288 e. The van der Waals surface area contributed by atoms with E-state index in [1.165, 1.54) is 6.08 Å². The lowest BCUT2D eigenvalue weighted by Crippen LogP contribution is -2.06. The van der Waals surface area contributed by atoms with Gasteiger partial charge in [-0.1, -0.05) is 0 Å². The van der Waals surface area contributed by atoms with Crippen LogP contribution in [-0.4, -0.2) is 17.9 Å². The lowest BCUT2D eigenvalue weighted by Gasteiger charge is -1.94. The minimum atomic E-state index is -0.338. The molecule has 0 saturated carbocycles. The first-order valence-corrected chi connectivity index (χ1v) is 3.27. The van der Waals surface area contributed by atoms with Crippen LogP contribution in [0.2, 0.25) is 0 Å². The molecular weight excluding hydrogens is 233 g/mol. The van der Waals surface area contributed by atoms with Crippen LogP contribution in [0.3, 0.4) is 0 Å². The van der Waals surface area contributed by atoms with E-state index in [9.17, 15) is 9.59 Å². The molecule has 1 rings (SSSR count). The fourth-order valence-corrected chi connectivity index (χ4v) is 0.854. The second kappa shape index (κ2) is 2.38. The molecule has 4 heteroatoms. The van der Waals surface area contributed by atoms with Crippen molar-refractivity contribution in [2.75, 3.05) is 0 Å².